The average molecular weight is 241 g/mol. The van der Waals surface area contributed by atoms with Crippen LogP contribution in [0.2, 0.25) is 0 Å². The molecule has 0 saturated carbocycles. The van der Waals surface area contributed by atoms with Gasteiger partial charge in [-0.25, -0.2) is 4.98 Å². The first-order valence-corrected chi connectivity index (χ1v) is 7.14. The lowest BCUT2D eigenvalue weighted by Gasteiger charge is -2.31. The highest BCUT2D eigenvalue weighted by molar-refractivity contribution is 7.99. The number of thiazole rings is 1. The molecule has 1 saturated heterocycles. The van der Waals surface area contributed by atoms with Crippen molar-refractivity contribution in [3.05, 3.63) is 15.6 Å². The molecule has 1 aromatic rings. The number of nitrogens with zero attached hydrogens (tertiary/aromatic N) is 1. The molecule has 15 heavy (non-hydrogen) atoms. The van der Waals surface area contributed by atoms with Gasteiger partial charge in [0, 0.05) is 5.41 Å². The van der Waals surface area contributed by atoms with E-state index in [2.05, 4.69) is 11.9 Å². The Bertz CT molecular complexity index is 367. The van der Waals surface area contributed by atoms with Crippen LogP contribution in [0, 0.1) is 6.92 Å². The van der Waals surface area contributed by atoms with Gasteiger partial charge in [-0.2, -0.15) is 11.8 Å². The molecule has 0 N–H and O–H groups in total. The SMILES string of the molecule is Cc1nc(C2(C)CCSCC2)sc1C=O. The molecule has 2 heterocycles. The summed E-state index contributed by atoms with van der Waals surface area (Å²) in [5.41, 5.74) is 1.10. The summed E-state index contributed by atoms with van der Waals surface area (Å²) >= 11 is 3.59. The van der Waals surface area contributed by atoms with Gasteiger partial charge in [0.15, 0.2) is 6.29 Å². The molecule has 82 valence electrons. The number of aryl methyl sites for hydroxylation is 1. The van der Waals surface area contributed by atoms with Crippen LogP contribution in [0.3, 0.4) is 0 Å². The van der Waals surface area contributed by atoms with E-state index in [1.807, 2.05) is 18.7 Å². The molecule has 2 rings (SSSR count). The van der Waals surface area contributed by atoms with Gasteiger partial charge in [-0.15, -0.1) is 11.3 Å². The fraction of sp³-hybridized carbons (Fsp3) is 0.636. The summed E-state index contributed by atoms with van der Waals surface area (Å²) in [5, 5.41) is 1.16. The van der Waals surface area contributed by atoms with Crippen LogP contribution in [-0.2, 0) is 5.41 Å². The lowest BCUT2D eigenvalue weighted by Crippen LogP contribution is -2.27. The van der Waals surface area contributed by atoms with Crippen molar-refractivity contribution in [2.75, 3.05) is 11.5 Å². The van der Waals surface area contributed by atoms with Crippen LogP contribution < -0.4 is 0 Å². The van der Waals surface area contributed by atoms with Crippen molar-refractivity contribution in [3.63, 3.8) is 0 Å². The number of carbonyl (C=O) groups excluding carboxylic acids is 1. The first-order valence-electron chi connectivity index (χ1n) is 5.16. The zero-order chi connectivity index (χ0) is 10.9. The maximum Gasteiger partial charge on any atom is 0.161 e. The van der Waals surface area contributed by atoms with E-state index in [4.69, 9.17) is 0 Å². The van der Waals surface area contributed by atoms with Crippen LogP contribution >= 0.6 is 23.1 Å². The van der Waals surface area contributed by atoms with Crippen LogP contribution in [0.15, 0.2) is 0 Å². The molecular formula is C11H15NOS2. The second-order valence-electron chi connectivity index (χ2n) is 4.26. The molecule has 1 aliphatic heterocycles. The summed E-state index contributed by atoms with van der Waals surface area (Å²) in [5.74, 6) is 2.43. The number of thioether (sulfide) groups is 1. The molecule has 1 aromatic heterocycles. The molecular weight excluding hydrogens is 226 g/mol. The Balaban J connectivity index is 2.30. The van der Waals surface area contributed by atoms with Gasteiger partial charge in [-0.3, -0.25) is 4.79 Å². The van der Waals surface area contributed by atoms with E-state index in [1.54, 1.807) is 11.3 Å². The van der Waals surface area contributed by atoms with E-state index in [-0.39, 0.29) is 5.41 Å². The zero-order valence-electron chi connectivity index (χ0n) is 9.08. The minimum absolute atomic E-state index is 0.210. The van der Waals surface area contributed by atoms with Gasteiger partial charge in [0.1, 0.15) is 0 Å². The Morgan fingerprint density at radius 1 is 1.40 bits per heavy atom. The molecule has 0 bridgehead atoms. The lowest BCUT2D eigenvalue weighted by atomic mass is 9.85. The monoisotopic (exact) mass is 241 g/mol. The quantitative estimate of drug-likeness (QED) is 0.745. The largest absolute Gasteiger partial charge is 0.297 e. The van der Waals surface area contributed by atoms with Gasteiger partial charge < -0.3 is 0 Å². The third-order valence-corrected chi connectivity index (χ3v) is 5.43. The van der Waals surface area contributed by atoms with Crippen LogP contribution in [0.5, 0.6) is 0 Å². The third-order valence-electron chi connectivity index (χ3n) is 3.05. The standard InChI is InChI=1S/C11H15NOS2/c1-8-9(7-13)15-10(12-8)11(2)3-5-14-6-4-11/h7H,3-6H2,1-2H3. The van der Waals surface area contributed by atoms with Crippen LogP contribution in [0.25, 0.3) is 0 Å². The van der Waals surface area contributed by atoms with Gasteiger partial charge in [-0.1, -0.05) is 6.92 Å². The van der Waals surface area contributed by atoms with E-state index in [9.17, 15) is 4.79 Å². The topological polar surface area (TPSA) is 30.0 Å². The molecule has 2 nitrogen and oxygen atoms in total. The Hall–Kier alpha value is -0.350. The number of hydrogen-bond acceptors (Lipinski definition) is 4. The molecule has 0 amide bonds. The summed E-state index contributed by atoms with van der Waals surface area (Å²) < 4.78 is 0. The highest BCUT2D eigenvalue weighted by atomic mass is 32.2. The van der Waals surface area contributed by atoms with Gasteiger partial charge >= 0.3 is 0 Å². The third kappa shape index (κ3) is 2.11. The maximum absolute atomic E-state index is 10.8. The predicted octanol–water partition coefficient (Wildman–Crippen LogP) is 3.05. The highest BCUT2D eigenvalue weighted by Gasteiger charge is 2.32. The normalized spacial score (nSPS) is 20.1. The molecule has 0 aliphatic carbocycles. The van der Waals surface area contributed by atoms with Crippen LogP contribution in [0.4, 0.5) is 0 Å². The summed E-state index contributed by atoms with van der Waals surface area (Å²) in [4.78, 5) is 16.1. The Kier molecular flexibility index (Phi) is 3.16. The van der Waals surface area contributed by atoms with E-state index in [0.29, 0.717) is 0 Å². The van der Waals surface area contributed by atoms with Crippen molar-refractivity contribution in [2.45, 2.75) is 32.1 Å². The van der Waals surface area contributed by atoms with E-state index >= 15 is 0 Å². The van der Waals surface area contributed by atoms with Gasteiger partial charge in [0.2, 0.25) is 0 Å². The smallest absolute Gasteiger partial charge is 0.161 e. The molecule has 4 heteroatoms. The predicted molar refractivity (Wildman–Crippen MR) is 66.1 cm³/mol. The Labute approximate surface area is 98.5 Å². The minimum Gasteiger partial charge on any atom is -0.297 e. The molecule has 0 radical (unpaired) electrons. The van der Waals surface area contributed by atoms with Crippen molar-refractivity contribution in [1.82, 2.24) is 4.98 Å². The van der Waals surface area contributed by atoms with Crippen LogP contribution in [-0.4, -0.2) is 22.8 Å². The second-order valence-corrected chi connectivity index (χ2v) is 6.51. The van der Waals surface area contributed by atoms with E-state index < -0.39 is 0 Å². The first kappa shape index (κ1) is 11.1. The summed E-state index contributed by atoms with van der Waals surface area (Å²) in [6, 6.07) is 0. The van der Waals surface area contributed by atoms with Gasteiger partial charge in [0.05, 0.1) is 15.6 Å². The molecule has 0 aromatic carbocycles. The Morgan fingerprint density at radius 3 is 2.60 bits per heavy atom. The molecule has 0 atom stereocenters. The molecule has 0 spiro atoms. The summed E-state index contributed by atoms with van der Waals surface area (Å²) in [6.07, 6.45) is 3.29. The van der Waals surface area contributed by atoms with Crippen LogP contribution in [0.1, 0.15) is 40.1 Å². The summed E-state index contributed by atoms with van der Waals surface area (Å²) in [7, 11) is 0. The summed E-state index contributed by atoms with van der Waals surface area (Å²) in [6.45, 7) is 4.20. The number of carbonyl (C=O) groups is 1. The van der Waals surface area contributed by atoms with Crippen molar-refractivity contribution in [3.8, 4) is 0 Å². The fourth-order valence-electron chi connectivity index (χ4n) is 1.81. The number of aldehydes is 1. The maximum atomic E-state index is 10.8. The average Bonchev–Trinajstić information content (AvgIpc) is 2.61. The first-order chi connectivity index (χ1) is 7.15. The zero-order valence-corrected chi connectivity index (χ0v) is 10.7. The van der Waals surface area contributed by atoms with Gasteiger partial charge in [-0.05, 0) is 31.3 Å². The molecule has 1 aliphatic rings. The van der Waals surface area contributed by atoms with E-state index in [0.717, 1.165) is 21.9 Å². The lowest BCUT2D eigenvalue weighted by molar-refractivity contribution is 0.112. The minimum atomic E-state index is 0.210. The number of aromatic nitrogens is 1. The second kappa shape index (κ2) is 4.26. The molecule has 1 fully saturated rings. The van der Waals surface area contributed by atoms with Crippen molar-refractivity contribution in [1.29, 1.82) is 0 Å². The van der Waals surface area contributed by atoms with Crippen molar-refractivity contribution in [2.24, 2.45) is 0 Å². The molecule has 0 unspecified atom stereocenters. The number of hydrogen-bond donors (Lipinski definition) is 0. The fourth-order valence-corrected chi connectivity index (χ4v) is 4.29. The van der Waals surface area contributed by atoms with E-state index in [1.165, 1.54) is 24.3 Å². The van der Waals surface area contributed by atoms with Gasteiger partial charge in [0.25, 0.3) is 0 Å². The number of rotatable bonds is 2. The highest BCUT2D eigenvalue weighted by Crippen LogP contribution is 2.39. The van der Waals surface area contributed by atoms with Crippen molar-refractivity contribution >= 4 is 29.4 Å². The van der Waals surface area contributed by atoms with Crippen molar-refractivity contribution < 1.29 is 4.79 Å². The Morgan fingerprint density at radius 2 is 2.07 bits per heavy atom.